The molecule has 96 heavy (non-hydrogen) atoms. The van der Waals surface area contributed by atoms with Gasteiger partial charge in [0.15, 0.2) is 18.9 Å². The Morgan fingerprint density at radius 1 is 0.375 bits per heavy atom. The first kappa shape index (κ1) is 87.7. The Kier molecular flexibility index (Phi) is 53.0. The summed E-state index contributed by atoms with van der Waals surface area (Å²) in [5, 5.41) is 120. The molecule has 0 aliphatic carbocycles. The number of carbonyl (C=O) groups is 1. The smallest absolute Gasteiger partial charge is 0.220 e. The summed E-state index contributed by atoms with van der Waals surface area (Å²) in [5.74, 6) is -0.283. The zero-order chi connectivity index (χ0) is 69.6. The largest absolute Gasteiger partial charge is 0.394 e. The van der Waals surface area contributed by atoms with Crippen molar-refractivity contribution in [3.8, 4) is 0 Å². The van der Waals surface area contributed by atoms with Crippen LogP contribution in [0.25, 0.3) is 0 Å². The number of hydrogen-bond donors (Lipinski definition) is 12. The molecule has 19 nitrogen and oxygen atoms in total. The summed E-state index contributed by atoms with van der Waals surface area (Å²) in [6, 6.07) is -0.989. The van der Waals surface area contributed by atoms with Crippen LogP contribution in [0.2, 0.25) is 0 Å². The molecule has 3 aliphatic rings. The molecule has 560 valence electrons. The van der Waals surface area contributed by atoms with Crippen molar-refractivity contribution in [1.82, 2.24) is 5.32 Å². The minimum absolute atomic E-state index is 0.237. The molecule has 17 atom stereocenters. The molecule has 0 bridgehead atoms. The Bertz CT molecular complexity index is 1970. The molecule has 0 saturated carbocycles. The monoisotopic (exact) mass is 1370 g/mol. The molecule has 17 unspecified atom stereocenters. The van der Waals surface area contributed by atoms with E-state index in [0.29, 0.717) is 12.8 Å². The summed E-state index contributed by atoms with van der Waals surface area (Å²) in [4.78, 5) is 13.4. The second-order valence-corrected chi connectivity index (χ2v) is 27.5. The fourth-order valence-corrected chi connectivity index (χ4v) is 12.8. The first-order valence-corrected chi connectivity index (χ1v) is 38.5. The number of hydrogen-bond acceptors (Lipinski definition) is 18. The number of amides is 1. The average molecular weight is 1370 g/mol. The maximum Gasteiger partial charge on any atom is 0.220 e. The van der Waals surface area contributed by atoms with Gasteiger partial charge in [0, 0.05) is 6.42 Å². The lowest BCUT2D eigenvalue weighted by Crippen LogP contribution is -2.66. The summed E-state index contributed by atoms with van der Waals surface area (Å²) in [7, 11) is 0. The third-order valence-electron chi connectivity index (χ3n) is 19.0. The topological polar surface area (TPSA) is 307 Å². The van der Waals surface area contributed by atoms with E-state index in [1.165, 1.54) is 205 Å². The molecular formula is C77H139NO18. The van der Waals surface area contributed by atoms with Crippen LogP contribution in [-0.2, 0) is 33.2 Å². The second-order valence-electron chi connectivity index (χ2n) is 27.5. The lowest BCUT2D eigenvalue weighted by Gasteiger charge is -2.48. The minimum atomic E-state index is -1.98. The maximum absolute atomic E-state index is 13.4. The van der Waals surface area contributed by atoms with Crippen molar-refractivity contribution in [2.75, 3.05) is 26.4 Å². The normalized spacial score (nSPS) is 27.4. The van der Waals surface area contributed by atoms with E-state index in [1.807, 2.05) is 6.08 Å². The fourth-order valence-electron chi connectivity index (χ4n) is 12.8. The van der Waals surface area contributed by atoms with Gasteiger partial charge in [-0.25, -0.2) is 0 Å². The molecule has 19 heteroatoms. The van der Waals surface area contributed by atoms with Crippen LogP contribution in [0.4, 0.5) is 0 Å². The third kappa shape index (κ3) is 38.5. The highest BCUT2D eigenvalue weighted by Crippen LogP contribution is 2.33. The number of allylic oxidation sites excluding steroid dienone is 9. The first-order valence-electron chi connectivity index (χ1n) is 38.5. The number of carbonyl (C=O) groups excluding carboxylic acids is 1. The van der Waals surface area contributed by atoms with Gasteiger partial charge in [-0.3, -0.25) is 4.79 Å². The van der Waals surface area contributed by atoms with Crippen molar-refractivity contribution < 1.29 is 89.4 Å². The predicted molar refractivity (Wildman–Crippen MR) is 379 cm³/mol. The van der Waals surface area contributed by atoms with Crippen LogP contribution in [0, 0.1) is 0 Å². The van der Waals surface area contributed by atoms with Crippen molar-refractivity contribution in [1.29, 1.82) is 0 Å². The maximum atomic E-state index is 13.4. The van der Waals surface area contributed by atoms with E-state index in [1.54, 1.807) is 6.08 Å². The summed E-state index contributed by atoms with van der Waals surface area (Å²) in [6.07, 6.45) is 46.8. The Morgan fingerprint density at radius 2 is 0.698 bits per heavy atom. The zero-order valence-corrected chi connectivity index (χ0v) is 59.6. The first-order chi connectivity index (χ1) is 46.8. The van der Waals surface area contributed by atoms with E-state index < -0.39 is 124 Å². The number of nitrogens with one attached hydrogen (secondary N) is 1. The van der Waals surface area contributed by atoms with Gasteiger partial charge >= 0.3 is 0 Å². The second kappa shape index (κ2) is 58.0. The quantitative estimate of drug-likeness (QED) is 0.0199. The van der Waals surface area contributed by atoms with E-state index in [-0.39, 0.29) is 18.9 Å². The standard InChI is InChI=1S/C77H139NO18/c1-3-5-7-9-11-13-15-17-18-19-20-21-22-23-24-25-26-27-28-29-30-31-32-33-34-35-36-37-38-39-40-41-42-43-45-47-49-51-53-55-65(83)78-60(61(82)54-52-50-48-46-44-16-14-12-10-8-6-4-2)59-91-75-71(89)68(86)73(63(57-80)93-75)96-77-72(90)69(87)74(64(58-81)94-77)95-76-70(88)67(85)66(84)62(56-79)92-76/h15,17,19-20,22-23,44,46,52,54,60-64,66-77,79-82,84-90H,3-14,16,18,21,24-43,45,47-51,53,55-59H2,1-2H3,(H,78,83)/b17-15-,20-19-,23-22-,46-44+,54-52+. The molecule has 1 amide bonds. The van der Waals surface area contributed by atoms with Gasteiger partial charge in [0.25, 0.3) is 0 Å². The third-order valence-corrected chi connectivity index (χ3v) is 19.0. The Balaban J connectivity index is 1.28. The summed E-state index contributed by atoms with van der Waals surface area (Å²) in [5.41, 5.74) is 0. The lowest BCUT2D eigenvalue weighted by molar-refractivity contribution is -0.379. The van der Waals surface area contributed by atoms with Gasteiger partial charge in [-0.2, -0.15) is 0 Å². The van der Waals surface area contributed by atoms with E-state index in [4.69, 9.17) is 28.4 Å². The Hall–Kier alpha value is -2.51. The van der Waals surface area contributed by atoms with Gasteiger partial charge in [-0.15, -0.1) is 0 Å². The number of unbranched alkanes of at least 4 members (excludes halogenated alkanes) is 36. The molecule has 0 aromatic heterocycles. The van der Waals surface area contributed by atoms with Crippen LogP contribution < -0.4 is 5.32 Å². The van der Waals surface area contributed by atoms with Crippen LogP contribution in [0.5, 0.6) is 0 Å². The van der Waals surface area contributed by atoms with Crippen molar-refractivity contribution >= 4 is 5.91 Å². The van der Waals surface area contributed by atoms with E-state index >= 15 is 0 Å². The van der Waals surface area contributed by atoms with Crippen molar-refractivity contribution in [3.63, 3.8) is 0 Å². The minimum Gasteiger partial charge on any atom is -0.394 e. The Morgan fingerprint density at radius 3 is 1.11 bits per heavy atom. The number of ether oxygens (including phenoxy) is 6. The van der Waals surface area contributed by atoms with Crippen molar-refractivity contribution in [3.05, 3.63) is 60.8 Å². The molecule has 3 saturated heterocycles. The van der Waals surface area contributed by atoms with Gasteiger partial charge in [-0.05, 0) is 70.6 Å². The molecule has 0 radical (unpaired) electrons. The van der Waals surface area contributed by atoms with Crippen LogP contribution in [-0.4, -0.2) is 193 Å². The predicted octanol–water partition coefficient (Wildman–Crippen LogP) is 11.9. The highest BCUT2D eigenvalue weighted by Gasteiger charge is 2.53. The Labute approximate surface area is 579 Å². The number of rotatable bonds is 60. The molecule has 0 aromatic carbocycles. The van der Waals surface area contributed by atoms with Gasteiger partial charge in [0.1, 0.15) is 73.2 Å². The van der Waals surface area contributed by atoms with Gasteiger partial charge < -0.3 is 89.9 Å². The molecule has 0 aromatic rings. The summed E-state index contributed by atoms with van der Waals surface area (Å²) < 4.78 is 34.3. The van der Waals surface area contributed by atoms with Crippen LogP contribution in [0.1, 0.15) is 290 Å². The van der Waals surface area contributed by atoms with Gasteiger partial charge in [-0.1, -0.05) is 274 Å². The average Bonchev–Trinajstić information content (AvgIpc) is 0.787. The zero-order valence-electron chi connectivity index (χ0n) is 59.6. The van der Waals surface area contributed by atoms with Gasteiger partial charge in [0.05, 0.1) is 38.6 Å². The molecule has 0 spiro atoms. The molecule has 3 aliphatic heterocycles. The van der Waals surface area contributed by atoms with Crippen LogP contribution in [0.3, 0.4) is 0 Å². The molecule has 3 heterocycles. The van der Waals surface area contributed by atoms with E-state index in [2.05, 4.69) is 67.8 Å². The lowest BCUT2D eigenvalue weighted by atomic mass is 9.96. The van der Waals surface area contributed by atoms with Crippen LogP contribution >= 0.6 is 0 Å². The fraction of sp³-hybridized carbons (Fsp3) is 0.857. The van der Waals surface area contributed by atoms with Crippen molar-refractivity contribution in [2.45, 2.75) is 394 Å². The van der Waals surface area contributed by atoms with Gasteiger partial charge in [0.2, 0.25) is 5.91 Å². The highest BCUT2D eigenvalue weighted by molar-refractivity contribution is 5.76. The van der Waals surface area contributed by atoms with Crippen LogP contribution in [0.15, 0.2) is 60.8 Å². The van der Waals surface area contributed by atoms with Crippen molar-refractivity contribution in [2.24, 2.45) is 0 Å². The van der Waals surface area contributed by atoms with E-state index in [0.717, 1.165) is 51.4 Å². The summed E-state index contributed by atoms with van der Waals surface area (Å²) in [6.45, 7) is 1.69. The molecular weight excluding hydrogens is 1230 g/mol. The molecule has 3 rings (SSSR count). The molecule has 3 fully saturated rings. The summed E-state index contributed by atoms with van der Waals surface area (Å²) >= 11 is 0. The SMILES string of the molecule is CCCCCCC/C=C\C/C=C\C/C=C\CCCCCCCCCCCCCCCCCCCCCCCCCCC(=O)NC(COC1OC(CO)C(OC2OC(CO)C(OC3OC(CO)C(O)C(O)C3O)C(O)C2O)C(O)C1O)C(O)/C=C/CC/C=C/CCCCCCCC. The molecule has 12 N–H and O–H groups in total. The number of aliphatic hydroxyl groups excluding tert-OH is 11. The van der Waals surface area contributed by atoms with E-state index in [9.17, 15) is 61.0 Å². The highest BCUT2D eigenvalue weighted by atomic mass is 16.8. The number of aliphatic hydroxyl groups is 11.